The molecule has 0 bridgehead atoms. The Kier molecular flexibility index (Phi) is 7.74. The highest BCUT2D eigenvalue weighted by atomic mass is 19.1. The number of nitrogens with zero attached hydrogens (tertiary/aromatic N) is 3. The Morgan fingerprint density at radius 3 is 2.59 bits per heavy atom. The quantitative estimate of drug-likeness (QED) is 0.463. The van der Waals surface area contributed by atoms with Crippen molar-refractivity contribution >= 4 is 11.8 Å². The minimum Gasteiger partial charge on any atom is -0.355 e. The molecule has 8 nitrogen and oxygen atoms in total. The Morgan fingerprint density at radius 2 is 1.87 bits per heavy atom. The van der Waals surface area contributed by atoms with Crippen LogP contribution in [0, 0.1) is 17.6 Å². The normalized spacial score (nSPS) is 20.6. The van der Waals surface area contributed by atoms with Gasteiger partial charge in [0.05, 0.1) is 22.7 Å². The first-order valence-corrected chi connectivity index (χ1v) is 13.4. The summed E-state index contributed by atoms with van der Waals surface area (Å²) in [5, 5.41) is 9.92. The van der Waals surface area contributed by atoms with Crippen molar-refractivity contribution in [2.45, 2.75) is 63.6 Å². The molecule has 39 heavy (non-hydrogen) atoms. The van der Waals surface area contributed by atoms with Gasteiger partial charge in [0.2, 0.25) is 5.91 Å². The first-order chi connectivity index (χ1) is 18.7. The zero-order valence-electron chi connectivity index (χ0n) is 22.1. The van der Waals surface area contributed by atoms with Gasteiger partial charge in [-0.1, -0.05) is 24.1 Å². The molecule has 2 atom stereocenters. The zero-order valence-corrected chi connectivity index (χ0v) is 22.1. The number of aromatic nitrogens is 2. The van der Waals surface area contributed by atoms with Gasteiger partial charge >= 0.3 is 0 Å². The summed E-state index contributed by atoms with van der Waals surface area (Å²) < 4.78 is 32.7. The van der Waals surface area contributed by atoms with Gasteiger partial charge in [-0.3, -0.25) is 19.5 Å². The summed E-state index contributed by atoms with van der Waals surface area (Å²) in [6.45, 7) is 5.12. The summed E-state index contributed by atoms with van der Waals surface area (Å²) in [5.74, 6) is -2.69. The van der Waals surface area contributed by atoms with Crippen LogP contribution in [0.15, 0.2) is 53.2 Å². The molecule has 1 aliphatic heterocycles. The molecule has 0 spiro atoms. The Labute approximate surface area is 226 Å². The highest BCUT2D eigenvalue weighted by Crippen LogP contribution is 2.30. The molecule has 3 aromatic rings. The number of halogens is 2. The fourth-order valence-electron chi connectivity index (χ4n) is 5.65. The molecule has 5 rings (SSSR count). The third-order valence-electron chi connectivity index (χ3n) is 7.82. The Bertz CT molecular complexity index is 1320. The number of carbonyl (C=O) groups excluding carboxylic acids is 2. The van der Waals surface area contributed by atoms with Crippen molar-refractivity contribution in [3.63, 3.8) is 0 Å². The van der Waals surface area contributed by atoms with Gasteiger partial charge in [0.15, 0.2) is 11.5 Å². The number of likely N-dealkylation sites (tertiary alicyclic amines) is 1. The van der Waals surface area contributed by atoms with Crippen molar-refractivity contribution in [3.8, 4) is 11.3 Å². The number of hydrogen-bond donors (Lipinski definition) is 2. The number of amides is 2. The minimum absolute atomic E-state index is 0.00169. The average Bonchev–Trinajstić information content (AvgIpc) is 3.62. The van der Waals surface area contributed by atoms with Gasteiger partial charge in [-0.2, -0.15) is 0 Å². The van der Waals surface area contributed by atoms with Crippen molar-refractivity contribution in [2.24, 2.45) is 5.92 Å². The molecule has 2 N–H and O–H groups in total. The Balaban J connectivity index is 1.33. The SMILES string of the molecule is CC(C)(NC(=O)[C@H]1CN(C2CCCC2)CC[C@@H]1NC(=O)c1cc(-c2ccc(F)cc2F)on1)c1ccccn1. The zero-order chi connectivity index (χ0) is 27.6. The van der Waals surface area contributed by atoms with E-state index in [0.717, 1.165) is 37.2 Å². The van der Waals surface area contributed by atoms with Gasteiger partial charge in [0.25, 0.3) is 5.91 Å². The van der Waals surface area contributed by atoms with Crippen LogP contribution in [0.25, 0.3) is 11.3 Å². The summed E-state index contributed by atoms with van der Waals surface area (Å²) in [6, 6.07) is 9.99. The topological polar surface area (TPSA) is 100 Å². The largest absolute Gasteiger partial charge is 0.355 e. The van der Waals surface area contributed by atoms with E-state index in [1.807, 2.05) is 32.0 Å². The maximum atomic E-state index is 14.2. The first kappa shape index (κ1) is 26.9. The molecule has 2 amide bonds. The lowest BCUT2D eigenvalue weighted by Crippen LogP contribution is -2.59. The number of hydrogen-bond acceptors (Lipinski definition) is 6. The fraction of sp³-hybridized carbons (Fsp3) is 0.448. The van der Waals surface area contributed by atoms with Crippen LogP contribution in [-0.4, -0.2) is 52.0 Å². The number of benzene rings is 1. The maximum Gasteiger partial charge on any atom is 0.273 e. The lowest BCUT2D eigenvalue weighted by Gasteiger charge is -2.41. The second-order valence-corrected chi connectivity index (χ2v) is 10.9. The molecule has 206 valence electrons. The van der Waals surface area contributed by atoms with Crippen LogP contribution in [-0.2, 0) is 10.3 Å². The van der Waals surface area contributed by atoms with E-state index in [0.29, 0.717) is 19.0 Å². The molecule has 1 aromatic carbocycles. The van der Waals surface area contributed by atoms with Gasteiger partial charge in [-0.25, -0.2) is 8.78 Å². The number of rotatable bonds is 7. The van der Waals surface area contributed by atoms with Crippen molar-refractivity contribution < 1.29 is 22.9 Å². The highest BCUT2D eigenvalue weighted by Gasteiger charge is 2.40. The van der Waals surface area contributed by atoms with Crippen LogP contribution >= 0.6 is 0 Å². The van der Waals surface area contributed by atoms with Crippen LogP contribution in [0.5, 0.6) is 0 Å². The molecule has 0 radical (unpaired) electrons. The van der Waals surface area contributed by atoms with E-state index in [4.69, 9.17) is 4.52 Å². The minimum atomic E-state index is -0.815. The van der Waals surface area contributed by atoms with E-state index in [1.165, 1.54) is 25.0 Å². The molecule has 2 fully saturated rings. The molecule has 2 aliphatic rings. The van der Waals surface area contributed by atoms with E-state index in [2.05, 4.69) is 25.7 Å². The molecule has 1 aliphatic carbocycles. The van der Waals surface area contributed by atoms with Crippen LogP contribution in [0.3, 0.4) is 0 Å². The molecule has 1 saturated carbocycles. The van der Waals surface area contributed by atoms with Crippen LogP contribution in [0.4, 0.5) is 8.78 Å². The lowest BCUT2D eigenvalue weighted by atomic mass is 9.88. The molecule has 3 heterocycles. The molecular weight excluding hydrogens is 504 g/mol. The summed E-state index contributed by atoms with van der Waals surface area (Å²) >= 11 is 0. The van der Waals surface area contributed by atoms with E-state index < -0.39 is 35.0 Å². The number of nitrogens with one attached hydrogen (secondary N) is 2. The van der Waals surface area contributed by atoms with E-state index >= 15 is 0 Å². The average molecular weight is 538 g/mol. The van der Waals surface area contributed by atoms with Gasteiger partial charge in [-0.05, 0) is 57.4 Å². The second-order valence-electron chi connectivity index (χ2n) is 10.9. The summed E-state index contributed by atoms with van der Waals surface area (Å²) in [7, 11) is 0. The van der Waals surface area contributed by atoms with Crippen LogP contribution < -0.4 is 10.6 Å². The lowest BCUT2D eigenvalue weighted by molar-refractivity contribution is -0.129. The summed E-state index contributed by atoms with van der Waals surface area (Å²) in [4.78, 5) is 33.7. The fourth-order valence-corrected chi connectivity index (χ4v) is 5.65. The maximum absolute atomic E-state index is 14.2. The molecule has 10 heteroatoms. The molecule has 1 saturated heterocycles. The van der Waals surface area contributed by atoms with E-state index in [9.17, 15) is 18.4 Å². The molecule has 2 aromatic heterocycles. The smallest absolute Gasteiger partial charge is 0.273 e. The van der Waals surface area contributed by atoms with Crippen molar-refractivity contribution in [3.05, 3.63) is 71.7 Å². The van der Waals surface area contributed by atoms with Gasteiger partial charge < -0.3 is 15.2 Å². The molecular formula is C29H33F2N5O3. The third-order valence-corrected chi connectivity index (χ3v) is 7.82. The van der Waals surface area contributed by atoms with Crippen LogP contribution in [0.1, 0.15) is 62.1 Å². The third kappa shape index (κ3) is 6.00. The monoisotopic (exact) mass is 537 g/mol. The van der Waals surface area contributed by atoms with Crippen molar-refractivity contribution in [1.29, 1.82) is 0 Å². The van der Waals surface area contributed by atoms with E-state index in [-0.39, 0.29) is 22.9 Å². The van der Waals surface area contributed by atoms with Gasteiger partial charge in [0, 0.05) is 43.5 Å². The highest BCUT2D eigenvalue weighted by molar-refractivity contribution is 5.94. The second kappa shape index (κ2) is 11.2. The molecule has 0 unspecified atom stereocenters. The first-order valence-electron chi connectivity index (χ1n) is 13.4. The van der Waals surface area contributed by atoms with Gasteiger partial charge in [0.1, 0.15) is 11.6 Å². The number of carbonyl (C=O) groups is 2. The summed E-state index contributed by atoms with van der Waals surface area (Å²) in [5.41, 5.74) is -0.00437. The Hall–Kier alpha value is -3.66. The van der Waals surface area contributed by atoms with Crippen molar-refractivity contribution in [1.82, 2.24) is 25.7 Å². The number of piperidine rings is 1. The Morgan fingerprint density at radius 1 is 1.08 bits per heavy atom. The van der Waals surface area contributed by atoms with Crippen molar-refractivity contribution in [2.75, 3.05) is 13.1 Å². The summed E-state index contributed by atoms with van der Waals surface area (Å²) in [6.07, 6.45) is 6.90. The van der Waals surface area contributed by atoms with Gasteiger partial charge in [-0.15, -0.1) is 0 Å². The standard InChI is InChI=1S/C29H33F2N5O3/c1-29(2,26-9-5-6-13-32-26)34-27(37)21-17-36(19-7-3-4-8-19)14-12-23(21)33-28(38)24-16-25(39-35-24)20-11-10-18(30)15-22(20)31/h5-6,9-11,13,15-16,19,21,23H,3-4,7-8,12,14,17H2,1-2H3,(H,33,38)(H,34,37)/t21-,23-/m0/s1. The predicted octanol–water partition coefficient (Wildman–Crippen LogP) is 4.43. The van der Waals surface area contributed by atoms with Crippen LogP contribution in [0.2, 0.25) is 0 Å². The number of pyridine rings is 1. The van der Waals surface area contributed by atoms with E-state index in [1.54, 1.807) is 6.20 Å². The predicted molar refractivity (Wildman–Crippen MR) is 140 cm³/mol.